The summed E-state index contributed by atoms with van der Waals surface area (Å²) in [6, 6.07) is 14.4. The van der Waals surface area contributed by atoms with Crippen LogP contribution in [-0.4, -0.2) is 76.5 Å². The van der Waals surface area contributed by atoms with Gasteiger partial charge in [-0.25, -0.2) is 13.1 Å². The van der Waals surface area contributed by atoms with Crippen molar-refractivity contribution in [1.29, 1.82) is 0 Å². The van der Waals surface area contributed by atoms with Crippen molar-refractivity contribution in [3.8, 4) is 0 Å². The van der Waals surface area contributed by atoms with Gasteiger partial charge in [0.1, 0.15) is 5.69 Å². The Kier molecular flexibility index (Phi) is 8.19. The second kappa shape index (κ2) is 10.9. The molecule has 0 amide bonds. The zero-order chi connectivity index (χ0) is 23.1. The first-order valence-corrected chi connectivity index (χ1v) is 12.2. The zero-order valence-corrected chi connectivity index (χ0v) is 19.4. The fourth-order valence-corrected chi connectivity index (χ4v) is 4.82. The van der Waals surface area contributed by atoms with E-state index >= 15 is 0 Å². The smallest absolute Gasteiger partial charge is 0.293 e. The molecule has 10 heteroatoms. The SMILES string of the molecule is CN(C)CCNS(=O)(=O)c1ccc(N2CCCN(Cc3ccccc3)CC2)c([N+](=O)[O-])c1. The third-order valence-corrected chi connectivity index (χ3v) is 6.94. The molecule has 2 aromatic carbocycles. The lowest BCUT2D eigenvalue weighted by Gasteiger charge is -2.24. The van der Waals surface area contributed by atoms with Crippen LogP contribution in [-0.2, 0) is 16.6 Å². The minimum Gasteiger partial charge on any atom is -0.365 e. The van der Waals surface area contributed by atoms with E-state index in [2.05, 4.69) is 21.8 Å². The summed E-state index contributed by atoms with van der Waals surface area (Å²) in [6.45, 7) is 4.60. The second-order valence-corrected chi connectivity index (χ2v) is 9.98. The highest BCUT2D eigenvalue weighted by molar-refractivity contribution is 7.89. The summed E-state index contributed by atoms with van der Waals surface area (Å²) < 4.78 is 27.6. The standard InChI is InChI=1S/C22H31N5O4S/c1-24(2)14-11-23-32(30,31)20-9-10-21(22(17-20)27(28)29)26-13-6-12-25(15-16-26)18-19-7-4-3-5-8-19/h3-5,7-10,17,23H,6,11-16,18H2,1-2H3. The van der Waals surface area contributed by atoms with Gasteiger partial charge in [-0.05, 0) is 38.2 Å². The molecule has 1 heterocycles. The number of hydrogen-bond acceptors (Lipinski definition) is 7. The largest absolute Gasteiger partial charge is 0.365 e. The maximum absolute atomic E-state index is 12.6. The van der Waals surface area contributed by atoms with Crippen LogP contribution in [0.25, 0.3) is 0 Å². The molecule has 0 radical (unpaired) electrons. The predicted molar refractivity (Wildman–Crippen MR) is 125 cm³/mol. The van der Waals surface area contributed by atoms with E-state index in [-0.39, 0.29) is 17.1 Å². The molecule has 0 aliphatic carbocycles. The summed E-state index contributed by atoms with van der Waals surface area (Å²) in [5.74, 6) is 0. The highest BCUT2D eigenvalue weighted by Gasteiger charge is 2.25. The predicted octanol–water partition coefficient (Wildman–Crippen LogP) is 2.15. The molecule has 2 aromatic rings. The number of sulfonamides is 1. The van der Waals surface area contributed by atoms with Crippen LogP contribution >= 0.6 is 0 Å². The van der Waals surface area contributed by atoms with Crippen LogP contribution in [0.2, 0.25) is 0 Å². The number of hydrogen-bond donors (Lipinski definition) is 1. The normalized spacial score (nSPS) is 15.7. The van der Waals surface area contributed by atoms with Gasteiger partial charge in [0.05, 0.1) is 9.82 Å². The molecule has 0 aromatic heterocycles. The molecule has 0 spiro atoms. The molecule has 0 unspecified atom stereocenters. The lowest BCUT2D eigenvalue weighted by atomic mass is 10.2. The first-order valence-electron chi connectivity index (χ1n) is 10.7. The number of likely N-dealkylation sites (N-methyl/N-ethyl adjacent to an activating group) is 1. The maximum atomic E-state index is 12.6. The van der Waals surface area contributed by atoms with Crippen molar-refractivity contribution >= 4 is 21.4 Å². The molecule has 3 rings (SSSR count). The fraction of sp³-hybridized carbons (Fsp3) is 0.455. The topological polar surface area (TPSA) is 99.0 Å². The van der Waals surface area contributed by atoms with Gasteiger partial charge < -0.3 is 9.80 Å². The second-order valence-electron chi connectivity index (χ2n) is 8.21. The van der Waals surface area contributed by atoms with E-state index in [0.29, 0.717) is 25.3 Å². The number of nitro benzene ring substituents is 1. The first kappa shape index (κ1) is 24.1. The Hall–Kier alpha value is -2.53. The molecule has 1 aliphatic rings. The van der Waals surface area contributed by atoms with Gasteiger partial charge in [0, 0.05) is 51.9 Å². The number of nitro groups is 1. The van der Waals surface area contributed by atoms with Crippen molar-refractivity contribution < 1.29 is 13.3 Å². The van der Waals surface area contributed by atoms with E-state index in [0.717, 1.165) is 26.1 Å². The Balaban J connectivity index is 1.73. The summed E-state index contributed by atoms with van der Waals surface area (Å²) >= 11 is 0. The molecule has 0 bridgehead atoms. The summed E-state index contributed by atoms with van der Waals surface area (Å²) in [4.78, 5) is 17.4. The Morgan fingerprint density at radius 2 is 1.81 bits per heavy atom. The van der Waals surface area contributed by atoms with Gasteiger partial charge in [-0.15, -0.1) is 0 Å². The maximum Gasteiger partial charge on any atom is 0.293 e. The van der Waals surface area contributed by atoms with E-state index < -0.39 is 14.9 Å². The summed E-state index contributed by atoms with van der Waals surface area (Å²) in [7, 11) is -0.131. The monoisotopic (exact) mass is 461 g/mol. The molecular weight excluding hydrogens is 430 g/mol. The summed E-state index contributed by atoms with van der Waals surface area (Å²) in [5, 5.41) is 11.8. The van der Waals surface area contributed by atoms with Crippen molar-refractivity contribution in [3.63, 3.8) is 0 Å². The molecule has 32 heavy (non-hydrogen) atoms. The van der Waals surface area contributed by atoms with Gasteiger partial charge in [0.25, 0.3) is 5.69 Å². The highest BCUT2D eigenvalue weighted by Crippen LogP contribution is 2.31. The Bertz CT molecular complexity index is 1010. The molecular formula is C22H31N5O4S. The van der Waals surface area contributed by atoms with Crippen LogP contribution in [0.5, 0.6) is 0 Å². The highest BCUT2D eigenvalue weighted by atomic mass is 32.2. The summed E-state index contributed by atoms with van der Waals surface area (Å²) in [5.41, 5.74) is 1.52. The van der Waals surface area contributed by atoms with Crippen molar-refractivity contribution in [2.24, 2.45) is 0 Å². The minimum atomic E-state index is -3.82. The molecule has 9 nitrogen and oxygen atoms in total. The summed E-state index contributed by atoms with van der Waals surface area (Å²) in [6.07, 6.45) is 0.871. The Morgan fingerprint density at radius 3 is 2.50 bits per heavy atom. The average Bonchev–Trinajstić information content (AvgIpc) is 2.99. The molecule has 0 saturated carbocycles. The van der Waals surface area contributed by atoms with Gasteiger partial charge in [-0.1, -0.05) is 30.3 Å². The van der Waals surface area contributed by atoms with Gasteiger partial charge in [0.2, 0.25) is 10.0 Å². The van der Waals surface area contributed by atoms with E-state index in [9.17, 15) is 18.5 Å². The van der Waals surface area contributed by atoms with E-state index in [4.69, 9.17) is 0 Å². The van der Waals surface area contributed by atoms with Crippen LogP contribution in [0.15, 0.2) is 53.4 Å². The number of nitrogens with one attached hydrogen (secondary N) is 1. The fourth-order valence-electron chi connectivity index (χ4n) is 3.78. The molecule has 1 aliphatic heterocycles. The van der Waals surface area contributed by atoms with Crippen molar-refractivity contribution in [2.45, 2.75) is 17.9 Å². The van der Waals surface area contributed by atoms with Crippen molar-refractivity contribution in [1.82, 2.24) is 14.5 Å². The van der Waals surface area contributed by atoms with Crippen LogP contribution < -0.4 is 9.62 Å². The average molecular weight is 462 g/mol. The van der Waals surface area contributed by atoms with Crippen molar-refractivity contribution in [2.75, 3.05) is 58.3 Å². The van der Waals surface area contributed by atoms with E-state index in [1.165, 1.54) is 17.7 Å². The molecule has 1 saturated heterocycles. The van der Waals surface area contributed by atoms with E-state index in [1.807, 2.05) is 42.1 Å². The first-order chi connectivity index (χ1) is 15.3. The third-order valence-electron chi connectivity index (χ3n) is 5.48. The van der Waals surface area contributed by atoms with Gasteiger partial charge in [0.15, 0.2) is 0 Å². The quantitative estimate of drug-likeness (QED) is 0.451. The molecule has 1 fully saturated rings. The molecule has 0 atom stereocenters. The lowest BCUT2D eigenvalue weighted by Crippen LogP contribution is -2.32. The van der Waals surface area contributed by atoms with Gasteiger partial charge >= 0.3 is 0 Å². The Morgan fingerprint density at radius 1 is 1.06 bits per heavy atom. The van der Waals surface area contributed by atoms with Crippen LogP contribution in [0, 0.1) is 10.1 Å². The zero-order valence-electron chi connectivity index (χ0n) is 18.6. The van der Waals surface area contributed by atoms with Crippen LogP contribution in [0.3, 0.4) is 0 Å². The third kappa shape index (κ3) is 6.49. The van der Waals surface area contributed by atoms with Crippen molar-refractivity contribution in [3.05, 3.63) is 64.2 Å². The van der Waals surface area contributed by atoms with Gasteiger partial charge in [-0.2, -0.15) is 0 Å². The lowest BCUT2D eigenvalue weighted by molar-refractivity contribution is -0.384. The van der Waals surface area contributed by atoms with Crippen LogP contribution in [0.1, 0.15) is 12.0 Å². The molecule has 174 valence electrons. The number of rotatable bonds is 9. The van der Waals surface area contributed by atoms with Crippen LogP contribution in [0.4, 0.5) is 11.4 Å². The number of nitrogens with zero attached hydrogens (tertiary/aromatic N) is 4. The molecule has 1 N–H and O–H groups in total. The van der Waals surface area contributed by atoms with E-state index in [1.54, 1.807) is 6.07 Å². The number of anilines is 1. The number of benzene rings is 2. The minimum absolute atomic E-state index is 0.0905. The van der Waals surface area contributed by atoms with Gasteiger partial charge in [-0.3, -0.25) is 15.0 Å². The Labute approximate surface area is 189 Å².